The van der Waals surface area contributed by atoms with Gasteiger partial charge in [-0.25, -0.2) is 9.37 Å². The average Bonchev–Trinajstić information content (AvgIpc) is 2.75. The number of aromatic nitrogens is 2. The van der Waals surface area contributed by atoms with E-state index in [1.807, 2.05) is 12.1 Å². The lowest BCUT2D eigenvalue weighted by Gasteiger charge is -2.13. The van der Waals surface area contributed by atoms with Crippen LogP contribution in [0, 0.1) is 5.82 Å². The number of hydrogen-bond donors (Lipinski definition) is 1. The fraction of sp³-hybridized carbons (Fsp3) is 0.0455. The number of halogens is 2. The number of carbonyl (C=O) groups excluding carboxylic acids is 1. The van der Waals surface area contributed by atoms with Crippen molar-refractivity contribution in [3.63, 3.8) is 0 Å². The molecular formula is C22H15BrFN3O2S. The molecule has 4 aromatic rings. The second kappa shape index (κ2) is 8.81. The summed E-state index contributed by atoms with van der Waals surface area (Å²) in [5.41, 5.74) is 1.42. The third-order valence-electron chi connectivity index (χ3n) is 4.29. The van der Waals surface area contributed by atoms with Crippen molar-refractivity contribution >= 4 is 50.2 Å². The first-order chi connectivity index (χ1) is 14.5. The number of nitrogens with one attached hydrogen (secondary N) is 1. The minimum absolute atomic E-state index is 0.0576. The Hall–Kier alpha value is -2.97. The first-order valence-electron chi connectivity index (χ1n) is 8.97. The number of anilines is 1. The maximum atomic E-state index is 13.4. The molecule has 8 heteroatoms. The molecule has 0 aliphatic heterocycles. The van der Waals surface area contributed by atoms with Gasteiger partial charge in [0, 0.05) is 10.2 Å². The molecule has 150 valence electrons. The molecule has 3 aromatic carbocycles. The summed E-state index contributed by atoms with van der Waals surface area (Å²) < 4.78 is 15.7. The zero-order valence-electron chi connectivity index (χ0n) is 15.5. The molecule has 0 aliphatic rings. The van der Waals surface area contributed by atoms with Gasteiger partial charge in [-0.2, -0.15) is 0 Å². The standard InChI is InChI=1S/C22H15BrFN3O2S/c23-14-5-9-16(10-6-14)25-20(28)13-30-22-26-19-4-2-1-3-18(19)21(29)27(22)17-11-7-15(24)8-12-17/h1-12H,13H2,(H,25,28). The Balaban J connectivity index is 1.66. The van der Waals surface area contributed by atoms with Crippen molar-refractivity contribution in [2.24, 2.45) is 0 Å². The molecule has 5 nitrogen and oxygen atoms in total. The van der Waals surface area contributed by atoms with Crippen LogP contribution in [0.2, 0.25) is 0 Å². The lowest BCUT2D eigenvalue weighted by molar-refractivity contribution is -0.113. The van der Waals surface area contributed by atoms with Gasteiger partial charge in [-0.15, -0.1) is 0 Å². The lowest BCUT2D eigenvalue weighted by Crippen LogP contribution is -2.23. The van der Waals surface area contributed by atoms with E-state index in [2.05, 4.69) is 26.2 Å². The maximum Gasteiger partial charge on any atom is 0.266 e. The summed E-state index contributed by atoms with van der Waals surface area (Å²) in [6.45, 7) is 0. The molecule has 0 saturated heterocycles. The van der Waals surface area contributed by atoms with Gasteiger partial charge in [0.25, 0.3) is 5.56 Å². The van der Waals surface area contributed by atoms with E-state index in [-0.39, 0.29) is 17.2 Å². The lowest BCUT2D eigenvalue weighted by atomic mass is 10.2. The number of benzene rings is 3. The molecule has 0 fully saturated rings. The number of fused-ring (bicyclic) bond motifs is 1. The van der Waals surface area contributed by atoms with Gasteiger partial charge < -0.3 is 5.32 Å². The number of rotatable bonds is 5. The first kappa shape index (κ1) is 20.3. The summed E-state index contributed by atoms with van der Waals surface area (Å²) in [4.78, 5) is 30.1. The highest BCUT2D eigenvalue weighted by atomic mass is 79.9. The summed E-state index contributed by atoms with van der Waals surface area (Å²) in [6, 6.07) is 19.8. The fourth-order valence-corrected chi connectivity index (χ4v) is 3.96. The molecule has 0 spiro atoms. The van der Waals surface area contributed by atoms with Crippen LogP contribution >= 0.6 is 27.7 Å². The van der Waals surface area contributed by atoms with Crippen molar-refractivity contribution in [3.05, 3.63) is 93.4 Å². The van der Waals surface area contributed by atoms with E-state index in [1.54, 1.807) is 36.4 Å². The Morgan fingerprint density at radius 3 is 2.47 bits per heavy atom. The SMILES string of the molecule is O=C(CSc1nc2ccccc2c(=O)n1-c1ccc(F)cc1)Nc1ccc(Br)cc1. The van der Waals surface area contributed by atoms with Crippen molar-refractivity contribution < 1.29 is 9.18 Å². The number of carbonyl (C=O) groups is 1. The van der Waals surface area contributed by atoms with Gasteiger partial charge in [0.15, 0.2) is 5.16 Å². The van der Waals surface area contributed by atoms with Gasteiger partial charge in [0.1, 0.15) is 5.82 Å². The normalized spacial score (nSPS) is 10.9. The van der Waals surface area contributed by atoms with Crippen molar-refractivity contribution in [3.8, 4) is 5.69 Å². The summed E-state index contributed by atoms with van der Waals surface area (Å²) in [5.74, 6) is -0.568. The predicted octanol–water partition coefficient (Wildman–Crippen LogP) is 5.02. The number of nitrogens with zero attached hydrogens (tertiary/aromatic N) is 2. The Labute approximate surface area is 184 Å². The van der Waals surface area contributed by atoms with Crippen LogP contribution in [0.15, 0.2) is 87.2 Å². The molecule has 0 bridgehead atoms. The predicted molar refractivity (Wildman–Crippen MR) is 121 cm³/mol. The Bertz CT molecular complexity index is 1270. The Morgan fingerprint density at radius 1 is 1.03 bits per heavy atom. The van der Waals surface area contributed by atoms with Crippen LogP contribution in [0.5, 0.6) is 0 Å². The van der Waals surface area contributed by atoms with Crippen LogP contribution in [0.3, 0.4) is 0 Å². The number of amides is 1. The minimum atomic E-state index is -0.399. The van der Waals surface area contributed by atoms with E-state index >= 15 is 0 Å². The molecule has 1 N–H and O–H groups in total. The molecule has 0 radical (unpaired) electrons. The van der Waals surface area contributed by atoms with Crippen LogP contribution in [0.25, 0.3) is 16.6 Å². The van der Waals surface area contributed by atoms with Gasteiger partial charge in [0.05, 0.1) is 22.3 Å². The highest BCUT2D eigenvalue weighted by Crippen LogP contribution is 2.22. The van der Waals surface area contributed by atoms with Crippen LogP contribution < -0.4 is 10.9 Å². The van der Waals surface area contributed by atoms with Crippen LogP contribution in [0.1, 0.15) is 0 Å². The number of hydrogen-bond acceptors (Lipinski definition) is 4. The monoisotopic (exact) mass is 483 g/mol. The number of para-hydroxylation sites is 1. The van der Waals surface area contributed by atoms with E-state index < -0.39 is 5.82 Å². The van der Waals surface area contributed by atoms with Gasteiger partial charge in [-0.3, -0.25) is 14.2 Å². The highest BCUT2D eigenvalue weighted by Gasteiger charge is 2.15. The van der Waals surface area contributed by atoms with Crippen molar-refractivity contribution in [2.75, 3.05) is 11.1 Å². The van der Waals surface area contributed by atoms with Crippen molar-refractivity contribution in [1.82, 2.24) is 9.55 Å². The highest BCUT2D eigenvalue weighted by molar-refractivity contribution is 9.10. The molecular weight excluding hydrogens is 469 g/mol. The second-order valence-corrected chi connectivity index (χ2v) is 8.23. The van der Waals surface area contributed by atoms with Gasteiger partial charge in [-0.1, -0.05) is 39.8 Å². The Kier molecular flexibility index (Phi) is 5.96. The van der Waals surface area contributed by atoms with E-state index in [4.69, 9.17) is 0 Å². The number of thioether (sulfide) groups is 1. The topological polar surface area (TPSA) is 64.0 Å². The largest absolute Gasteiger partial charge is 0.325 e. The van der Waals surface area contributed by atoms with E-state index in [0.29, 0.717) is 27.4 Å². The van der Waals surface area contributed by atoms with Crippen molar-refractivity contribution in [2.45, 2.75) is 5.16 Å². The van der Waals surface area contributed by atoms with Gasteiger partial charge in [0.2, 0.25) is 5.91 Å². The Morgan fingerprint density at radius 2 is 1.73 bits per heavy atom. The third kappa shape index (κ3) is 4.44. The molecule has 1 heterocycles. The average molecular weight is 484 g/mol. The molecule has 0 unspecified atom stereocenters. The van der Waals surface area contributed by atoms with Gasteiger partial charge >= 0.3 is 0 Å². The molecule has 0 saturated carbocycles. The smallest absolute Gasteiger partial charge is 0.266 e. The molecule has 1 amide bonds. The molecule has 4 rings (SSSR count). The first-order valence-corrected chi connectivity index (χ1v) is 10.7. The van der Waals surface area contributed by atoms with E-state index in [1.165, 1.54) is 28.8 Å². The summed E-state index contributed by atoms with van der Waals surface area (Å²) in [5, 5.41) is 3.62. The third-order valence-corrected chi connectivity index (χ3v) is 5.76. The van der Waals surface area contributed by atoms with E-state index in [9.17, 15) is 14.0 Å². The maximum absolute atomic E-state index is 13.4. The quantitative estimate of drug-likeness (QED) is 0.319. The second-order valence-electron chi connectivity index (χ2n) is 6.37. The van der Waals surface area contributed by atoms with Crippen LogP contribution in [-0.2, 0) is 4.79 Å². The summed E-state index contributed by atoms with van der Waals surface area (Å²) in [7, 11) is 0. The molecule has 30 heavy (non-hydrogen) atoms. The van der Waals surface area contributed by atoms with Gasteiger partial charge in [-0.05, 0) is 60.7 Å². The van der Waals surface area contributed by atoms with Crippen LogP contribution in [0.4, 0.5) is 10.1 Å². The molecule has 1 aromatic heterocycles. The van der Waals surface area contributed by atoms with E-state index in [0.717, 1.165) is 16.2 Å². The zero-order chi connectivity index (χ0) is 21.1. The molecule has 0 atom stereocenters. The zero-order valence-corrected chi connectivity index (χ0v) is 17.9. The minimum Gasteiger partial charge on any atom is -0.325 e. The fourth-order valence-electron chi connectivity index (χ4n) is 2.89. The van der Waals surface area contributed by atoms with Crippen molar-refractivity contribution in [1.29, 1.82) is 0 Å². The summed E-state index contributed by atoms with van der Waals surface area (Å²) >= 11 is 4.50. The molecule has 0 aliphatic carbocycles. The van der Waals surface area contributed by atoms with Crippen LogP contribution in [-0.4, -0.2) is 21.2 Å². The summed E-state index contributed by atoms with van der Waals surface area (Å²) in [6.07, 6.45) is 0.